The van der Waals surface area contributed by atoms with Crippen molar-refractivity contribution in [2.24, 2.45) is 0 Å². The molecule has 0 amide bonds. The summed E-state index contributed by atoms with van der Waals surface area (Å²) in [5.41, 5.74) is 6.29. The van der Waals surface area contributed by atoms with Crippen LogP contribution in [0.5, 0.6) is 0 Å². The van der Waals surface area contributed by atoms with Gasteiger partial charge in [-0.2, -0.15) is 0 Å². The summed E-state index contributed by atoms with van der Waals surface area (Å²) in [5, 5.41) is 0. The second-order valence-electron chi connectivity index (χ2n) is 6.98. The smallest absolute Gasteiger partial charge is 0.129 e. The third-order valence-corrected chi connectivity index (χ3v) is 4.76. The average molecular weight is 305 g/mol. The van der Waals surface area contributed by atoms with E-state index in [0.717, 1.165) is 6.54 Å². The Morgan fingerprint density at radius 2 is 1.50 bits per heavy atom. The normalized spacial score (nSPS) is 23.5. The second-order valence-corrected chi connectivity index (χ2v) is 11.7. The average Bonchev–Trinajstić information content (AvgIpc) is 3.19. The lowest BCUT2D eigenvalue weighted by Gasteiger charge is -2.04. The molecule has 1 heterocycles. The Labute approximate surface area is 135 Å². The van der Waals surface area contributed by atoms with Gasteiger partial charge >= 0.3 is 0 Å². The Balaban J connectivity index is 1.81. The van der Waals surface area contributed by atoms with Crippen molar-refractivity contribution < 1.29 is 0 Å². The van der Waals surface area contributed by atoms with Crippen LogP contribution in [-0.2, 0) is 6.54 Å². The molecule has 112 valence electrons. The SMILES string of the molecule is C[Si](C)(C)C#CC1C(c2ccccc2)N1Cc1ccccc1. The van der Waals surface area contributed by atoms with Gasteiger partial charge in [0.15, 0.2) is 0 Å². The van der Waals surface area contributed by atoms with E-state index in [1.807, 2.05) is 0 Å². The minimum atomic E-state index is -1.32. The van der Waals surface area contributed by atoms with E-state index in [1.165, 1.54) is 11.1 Å². The van der Waals surface area contributed by atoms with Gasteiger partial charge in [-0.25, -0.2) is 0 Å². The topological polar surface area (TPSA) is 3.01 Å². The first-order chi connectivity index (χ1) is 10.5. The van der Waals surface area contributed by atoms with Gasteiger partial charge in [0, 0.05) is 6.54 Å². The van der Waals surface area contributed by atoms with Crippen molar-refractivity contribution >= 4 is 8.07 Å². The van der Waals surface area contributed by atoms with Crippen molar-refractivity contribution in [1.82, 2.24) is 4.90 Å². The molecule has 2 aromatic rings. The zero-order valence-electron chi connectivity index (χ0n) is 13.6. The van der Waals surface area contributed by atoms with Crippen LogP contribution in [0.15, 0.2) is 60.7 Å². The van der Waals surface area contributed by atoms with Gasteiger partial charge < -0.3 is 0 Å². The molecule has 3 rings (SSSR count). The molecule has 2 aromatic carbocycles. The summed E-state index contributed by atoms with van der Waals surface area (Å²) in [5.74, 6) is 3.55. The lowest BCUT2D eigenvalue weighted by Crippen LogP contribution is -2.17. The van der Waals surface area contributed by atoms with E-state index < -0.39 is 8.07 Å². The first-order valence-corrected chi connectivity index (χ1v) is 11.4. The van der Waals surface area contributed by atoms with Crippen LogP contribution in [-0.4, -0.2) is 19.0 Å². The largest absolute Gasteiger partial charge is 0.274 e. The minimum absolute atomic E-state index is 0.370. The van der Waals surface area contributed by atoms with Crippen LogP contribution in [0.2, 0.25) is 19.6 Å². The highest BCUT2D eigenvalue weighted by atomic mass is 28.3. The Bertz CT molecular complexity index is 676. The highest BCUT2D eigenvalue weighted by Gasteiger charge is 2.47. The molecule has 0 radical (unpaired) electrons. The van der Waals surface area contributed by atoms with Gasteiger partial charge in [0.2, 0.25) is 0 Å². The monoisotopic (exact) mass is 305 g/mol. The molecule has 1 aliphatic rings. The molecule has 2 heteroatoms. The first kappa shape index (κ1) is 15.1. The Morgan fingerprint density at radius 1 is 0.909 bits per heavy atom. The molecule has 1 nitrogen and oxygen atoms in total. The van der Waals surface area contributed by atoms with E-state index >= 15 is 0 Å². The lowest BCUT2D eigenvalue weighted by molar-refractivity contribution is 0.495. The molecule has 1 saturated heterocycles. The Morgan fingerprint density at radius 3 is 2.09 bits per heavy atom. The molecule has 0 aromatic heterocycles. The zero-order valence-corrected chi connectivity index (χ0v) is 14.6. The lowest BCUT2D eigenvalue weighted by atomic mass is 10.1. The first-order valence-electron chi connectivity index (χ1n) is 7.92. The number of nitrogens with zero attached hydrogens (tertiary/aromatic N) is 1. The molecule has 0 N–H and O–H groups in total. The van der Waals surface area contributed by atoms with Gasteiger partial charge in [0.05, 0.1) is 12.1 Å². The van der Waals surface area contributed by atoms with Crippen LogP contribution in [0.4, 0.5) is 0 Å². The molecule has 3 atom stereocenters. The van der Waals surface area contributed by atoms with Gasteiger partial charge in [-0.1, -0.05) is 86.2 Å². The summed E-state index contributed by atoms with van der Waals surface area (Å²) in [6.07, 6.45) is 0. The van der Waals surface area contributed by atoms with Crippen molar-refractivity contribution in [1.29, 1.82) is 0 Å². The number of hydrogen-bond donors (Lipinski definition) is 0. The fourth-order valence-corrected chi connectivity index (χ4v) is 3.32. The standard InChI is InChI=1S/C20H23NSi/c1-22(2,3)15-14-19-20(18-12-8-5-9-13-18)21(19)16-17-10-6-4-7-11-17/h4-13,19-20H,16H2,1-3H3. The summed E-state index contributed by atoms with van der Waals surface area (Å²) in [4.78, 5) is 2.50. The second kappa shape index (κ2) is 6.12. The maximum atomic E-state index is 3.55. The summed E-state index contributed by atoms with van der Waals surface area (Å²) in [6.45, 7) is 7.90. The summed E-state index contributed by atoms with van der Waals surface area (Å²) >= 11 is 0. The zero-order chi connectivity index (χ0) is 15.6. The molecule has 0 aliphatic carbocycles. The van der Waals surface area contributed by atoms with Gasteiger partial charge in [-0.05, 0) is 11.1 Å². The molecule has 0 spiro atoms. The maximum absolute atomic E-state index is 3.55. The summed E-state index contributed by atoms with van der Waals surface area (Å²) < 4.78 is 0. The number of hydrogen-bond acceptors (Lipinski definition) is 1. The van der Waals surface area contributed by atoms with E-state index in [4.69, 9.17) is 0 Å². The molecule has 0 bridgehead atoms. The predicted octanol–water partition coefficient (Wildman–Crippen LogP) is 4.49. The van der Waals surface area contributed by atoms with Crippen molar-refractivity contribution in [3.05, 3.63) is 71.8 Å². The molecule has 22 heavy (non-hydrogen) atoms. The molecular weight excluding hydrogens is 282 g/mol. The third-order valence-electron chi connectivity index (χ3n) is 3.87. The van der Waals surface area contributed by atoms with Crippen molar-refractivity contribution in [3.63, 3.8) is 0 Å². The highest BCUT2D eigenvalue weighted by Crippen LogP contribution is 2.43. The van der Waals surface area contributed by atoms with Crippen molar-refractivity contribution in [2.75, 3.05) is 0 Å². The summed E-state index contributed by atoms with van der Waals surface area (Å²) in [7, 11) is -1.32. The van der Waals surface area contributed by atoms with Crippen LogP contribution < -0.4 is 0 Å². The maximum Gasteiger partial charge on any atom is 0.129 e. The number of benzene rings is 2. The Hall–Kier alpha value is -1.82. The van der Waals surface area contributed by atoms with Gasteiger partial charge in [0.1, 0.15) is 8.07 Å². The highest BCUT2D eigenvalue weighted by molar-refractivity contribution is 6.83. The molecule has 1 aliphatic heterocycles. The fraction of sp³-hybridized carbons (Fsp3) is 0.300. The Kier molecular flexibility index (Phi) is 4.20. The molecule has 0 saturated carbocycles. The number of rotatable bonds is 3. The van der Waals surface area contributed by atoms with Crippen LogP contribution >= 0.6 is 0 Å². The molecule has 1 fully saturated rings. The van der Waals surface area contributed by atoms with Crippen LogP contribution in [0.1, 0.15) is 17.2 Å². The van der Waals surface area contributed by atoms with Crippen molar-refractivity contribution in [2.45, 2.75) is 38.3 Å². The van der Waals surface area contributed by atoms with Gasteiger partial charge in [0.25, 0.3) is 0 Å². The van der Waals surface area contributed by atoms with Crippen LogP contribution in [0.3, 0.4) is 0 Å². The molecule has 3 unspecified atom stereocenters. The van der Waals surface area contributed by atoms with Crippen LogP contribution in [0.25, 0.3) is 0 Å². The van der Waals surface area contributed by atoms with E-state index in [0.29, 0.717) is 12.1 Å². The van der Waals surface area contributed by atoms with Crippen molar-refractivity contribution in [3.8, 4) is 11.5 Å². The van der Waals surface area contributed by atoms with E-state index in [9.17, 15) is 0 Å². The molecular formula is C20H23NSi. The minimum Gasteiger partial charge on any atom is -0.274 e. The third kappa shape index (κ3) is 3.68. The van der Waals surface area contributed by atoms with E-state index in [2.05, 4.69) is 96.7 Å². The van der Waals surface area contributed by atoms with E-state index in [1.54, 1.807) is 0 Å². The van der Waals surface area contributed by atoms with Gasteiger partial charge in [-0.3, -0.25) is 4.90 Å². The van der Waals surface area contributed by atoms with Crippen LogP contribution in [0, 0.1) is 11.5 Å². The fourth-order valence-electron chi connectivity index (χ4n) is 2.74. The van der Waals surface area contributed by atoms with E-state index in [-0.39, 0.29) is 0 Å². The van der Waals surface area contributed by atoms with Gasteiger partial charge in [-0.15, -0.1) is 5.54 Å². The predicted molar refractivity (Wildman–Crippen MR) is 96.1 cm³/mol. The summed E-state index contributed by atoms with van der Waals surface area (Å²) in [6, 6.07) is 22.3. The quantitative estimate of drug-likeness (QED) is 0.458.